The van der Waals surface area contributed by atoms with Crippen molar-refractivity contribution in [3.63, 3.8) is 0 Å². The van der Waals surface area contributed by atoms with E-state index >= 15 is 0 Å². The van der Waals surface area contributed by atoms with Crippen LogP contribution in [0.1, 0.15) is 10.5 Å². The Morgan fingerprint density at radius 2 is 1.94 bits per heavy atom. The molecule has 1 aromatic carbocycles. The maximum absolute atomic E-state index is 11.4. The van der Waals surface area contributed by atoms with Gasteiger partial charge in [0, 0.05) is 4.47 Å². The monoisotopic (exact) mass is 283 g/mol. The number of carbonyl (C=O) groups is 1. The molecule has 0 bridgehead atoms. The van der Waals surface area contributed by atoms with Gasteiger partial charge in [-0.1, -0.05) is 28.1 Å². The van der Waals surface area contributed by atoms with E-state index in [2.05, 4.69) is 25.6 Å². The van der Waals surface area contributed by atoms with Crippen molar-refractivity contribution in [1.29, 1.82) is 0 Å². The number of carboxylic acid groups (broad SMARTS) is 1. The highest BCUT2D eigenvalue weighted by atomic mass is 79.9. The maximum Gasteiger partial charge on any atom is 0.365 e. The zero-order chi connectivity index (χ0) is 11.7. The molecule has 0 atom stereocenters. The van der Waals surface area contributed by atoms with Crippen molar-refractivity contribution in [2.45, 2.75) is 0 Å². The molecule has 1 heterocycles. The molecule has 2 aromatic rings. The summed E-state index contributed by atoms with van der Waals surface area (Å²) in [5, 5.41) is 10.9. The summed E-state index contributed by atoms with van der Waals surface area (Å²) in [6, 6.07) is 6.70. The van der Waals surface area contributed by atoms with Crippen LogP contribution >= 0.6 is 15.9 Å². The number of aromatic carboxylic acids is 1. The number of rotatable bonds is 2. The fourth-order valence-corrected chi connectivity index (χ4v) is 1.60. The van der Waals surface area contributed by atoms with Gasteiger partial charge in [0.05, 0.1) is 0 Å². The quantitative estimate of drug-likeness (QED) is 0.884. The van der Waals surface area contributed by atoms with Gasteiger partial charge in [-0.05, 0) is 17.7 Å². The van der Waals surface area contributed by atoms with Gasteiger partial charge in [-0.25, -0.2) is 14.7 Å². The third-order valence-electron chi connectivity index (χ3n) is 2.05. The van der Waals surface area contributed by atoms with Crippen molar-refractivity contribution in [1.82, 2.24) is 5.16 Å². The van der Waals surface area contributed by atoms with Gasteiger partial charge in [0.15, 0.2) is 5.69 Å². The summed E-state index contributed by atoms with van der Waals surface area (Å²) in [6.07, 6.45) is 0. The van der Waals surface area contributed by atoms with Gasteiger partial charge in [-0.15, -0.1) is 0 Å². The first-order valence-corrected chi connectivity index (χ1v) is 5.09. The first kappa shape index (κ1) is 10.7. The van der Waals surface area contributed by atoms with E-state index in [4.69, 9.17) is 5.11 Å². The summed E-state index contributed by atoms with van der Waals surface area (Å²) < 4.78 is 5.31. The molecule has 2 N–H and O–H groups in total. The van der Waals surface area contributed by atoms with Crippen LogP contribution in [0.15, 0.2) is 38.1 Å². The molecule has 16 heavy (non-hydrogen) atoms. The standard InChI is InChI=1S/C10H6BrNO4/c11-6-3-1-5(2-4-6)7-8(9(13)14)12-16-10(7)15/h1-4,12H,(H,13,14). The number of aromatic amines is 1. The molecule has 0 unspecified atom stereocenters. The van der Waals surface area contributed by atoms with E-state index in [1.165, 1.54) is 0 Å². The normalized spacial score (nSPS) is 10.3. The number of H-pyrrole nitrogens is 1. The third kappa shape index (κ3) is 1.79. The Bertz CT molecular complexity index is 582. The molecule has 0 spiro atoms. The average Bonchev–Trinajstić information content (AvgIpc) is 2.62. The first-order chi connectivity index (χ1) is 7.59. The molecule has 0 aliphatic heterocycles. The number of hydrogen-bond acceptors (Lipinski definition) is 3. The summed E-state index contributed by atoms with van der Waals surface area (Å²) in [6.45, 7) is 0. The van der Waals surface area contributed by atoms with E-state index in [0.29, 0.717) is 5.56 Å². The van der Waals surface area contributed by atoms with Crippen molar-refractivity contribution >= 4 is 21.9 Å². The predicted octanol–water partition coefficient (Wildman–Crippen LogP) is 2.10. The highest BCUT2D eigenvalue weighted by molar-refractivity contribution is 9.10. The van der Waals surface area contributed by atoms with E-state index in [1.807, 2.05) is 0 Å². The van der Waals surface area contributed by atoms with Crippen LogP contribution in [0.5, 0.6) is 0 Å². The van der Waals surface area contributed by atoms with Crippen LogP contribution in [0.2, 0.25) is 0 Å². The molecule has 0 aliphatic rings. The fraction of sp³-hybridized carbons (Fsp3) is 0. The Morgan fingerprint density at radius 1 is 1.31 bits per heavy atom. The number of carboxylic acids is 1. The summed E-state index contributed by atoms with van der Waals surface area (Å²) in [4.78, 5) is 22.2. The molecule has 0 amide bonds. The molecule has 0 radical (unpaired) electrons. The van der Waals surface area contributed by atoms with Gasteiger partial charge in [-0.3, -0.25) is 0 Å². The number of halogens is 1. The van der Waals surface area contributed by atoms with Crippen LogP contribution in [0.4, 0.5) is 0 Å². The number of nitrogens with one attached hydrogen (secondary N) is 1. The molecule has 0 aliphatic carbocycles. The minimum absolute atomic E-state index is 0.0278. The number of aromatic nitrogens is 1. The Kier molecular flexibility index (Phi) is 2.66. The Hall–Kier alpha value is -1.82. The van der Waals surface area contributed by atoms with E-state index < -0.39 is 11.6 Å². The van der Waals surface area contributed by atoms with Crippen molar-refractivity contribution < 1.29 is 14.4 Å². The molecular weight excluding hydrogens is 278 g/mol. The molecule has 2 rings (SSSR count). The second-order valence-electron chi connectivity index (χ2n) is 3.05. The van der Waals surface area contributed by atoms with Crippen molar-refractivity contribution in [3.05, 3.63) is 44.9 Å². The summed E-state index contributed by atoms with van der Waals surface area (Å²) >= 11 is 3.25. The van der Waals surface area contributed by atoms with Gasteiger partial charge in [0.25, 0.3) is 0 Å². The number of hydrogen-bond donors (Lipinski definition) is 2. The predicted molar refractivity (Wildman–Crippen MR) is 59.4 cm³/mol. The lowest BCUT2D eigenvalue weighted by molar-refractivity contribution is 0.0686. The first-order valence-electron chi connectivity index (χ1n) is 4.30. The van der Waals surface area contributed by atoms with E-state index in [0.717, 1.165) is 4.47 Å². The second-order valence-corrected chi connectivity index (χ2v) is 3.97. The topological polar surface area (TPSA) is 83.3 Å². The van der Waals surface area contributed by atoms with Crippen LogP contribution in [0.25, 0.3) is 11.1 Å². The molecule has 0 fully saturated rings. The zero-order valence-corrected chi connectivity index (χ0v) is 9.45. The highest BCUT2D eigenvalue weighted by Crippen LogP contribution is 2.21. The summed E-state index contributed by atoms with van der Waals surface area (Å²) in [5.74, 6) is -1.23. The second kappa shape index (κ2) is 3.97. The molecule has 82 valence electrons. The zero-order valence-electron chi connectivity index (χ0n) is 7.86. The lowest BCUT2D eigenvalue weighted by Crippen LogP contribution is -2.03. The molecule has 1 aromatic heterocycles. The van der Waals surface area contributed by atoms with Crippen LogP contribution in [-0.4, -0.2) is 16.2 Å². The van der Waals surface area contributed by atoms with Gasteiger partial charge >= 0.3 is 11.6 Å². The maximum atomic E-state index is 11.4. The SMILES string of the molecule is O=C(O)c1[nH]oc(=O)c1-c1ccc(Br)cc1. The summed E-state index contributed by atoms with van der Waals surface area (Å²) in [5.41, 5.74) is -0.414. The average molecular weight is 284 g/mol. The molecule has 5 nitrogen and oxygen atoms in total. The molecule has 6 heteroatoms. The largest absolute Gasteiger partial charge is 0.476 e. The van der Waals surface area contributed by atoms with Crippen LogP contribution in [-0.2, 0) is 0 Å². The molecular formula is C10H6BrNO4. The Labute approximate surface area is 97.8 Å². The van der Waals surface area contributed by atoms with E-state index in [9.17, 15) is 9.59 Å². The van der Waals surface area contributed by atoms with Gasteiger partial charge < -0.3 is 9.63 Å². The van der Waals surface area contributed by atoms with Crippen molar-refractivity contribution in [3.8, 4) is 11.1 Å². The molecule has 0 saturated heterocycles. The van der Waals surface area contributed by atoms with Gasteiger partial charge in [0.2, 0.25) is 0 Å². The lowest BCUT2D eigenvalue weighted by atomic mass is 10.1. The van der Waals surface area contributed by atoms with Gasteiger partial charge in [-0.2, -0.15) is 0 Å². The van der Waals surface area contributed by atoms with Gasteiger partial charge in [0.1, 0.15) is 5.56 Å². The minimum Gasteiger partial charge on any atom is -0.476 e. The third-order valence-corrected chi connectivity index (χ3v) is 2.58. The van der Waals surface area contributed by atoms with Crippen LogP contribution in [0, 0.1) is 0 Å². The van der Waals surface area contributed by atoms with Crippen molar-refractivity contribution in [2.75, 3.05) is 0 Å². The molecule has 0 saturated carbocycles. The van der Waals surface area contributed by atoms with Crippen LogP contribution in [0.3, 0.4) is 0 Å². The summed E-state index contributed by atoms with van der Waals surface area (Å²) in [7, 11) is 0. The minimum atomic E-state index is -1.23. The lowest BCUT2D eigenvalue weighted by Gasteiger charge is -1.97. The Morgan fingerprint density at radius 3 is 2.50 bits per heavy atom. The van der Waals surface area contributed by atoms with Crippen molar-refractivity contribution in [2.24, 2.45) is 0 Å². The fourth-order valence-electron chi connectivity index (χ4n) is 1.33. The highest BCUT2D eigenvalue weighted by Gasteiger charge is 2.19. The van der Waals surface area contributed by atoms with E-state index in [-0.39, 0.29) is 11.3 Å². The van der Waals surface area contributed by atoms with Crippen LogP contribution < -0.4 is 5.63 Å². The smallest absolute Gasteiger partial charge is 0.365 e. The van der Waals surface area contributed by atoms with E-state index in [1.54, 1.807) is 24.3 Å². The Balaban J connectivity index is 2.63. The number of benzene rings is 1.